The van der Waals surface area contributed by atoms with Gasteiger partial charge in [0.2, 0.25) is 6.79 Å². The van der Waals surface area contributed by atoms with Crippen LogP contribution < -0.4 is 4.65 Å². The molecule has 1 aromatic carbocycles. The lowest BCUT2D eigenvalue weighted by Gasteiger charge is -2.28. The molecule has 1 heterocycles. The van der Waals surface area contributed by atoms with Gasteiger partial charge in [0.05, 0.1) is 0 Å². The van der Waals surface area contributed by atoms with E-state index in [0.717, 1.165) is 37.7 Å². The standard InChI is InChI=1S/C23H31BO7/c1-2-7-19(25)14-18-13-17-10-6-11-20(22(17)31-24(18)28)23(27)30-15-29-21(26)12-16-8-4-3-5-9-16/h6,10-11,16,18,28H,2-5,7-9,12-15H2,1H3/t18-/m1/s1. The molecule has 1 atom stereocenters. The van der Waals surface area contributed by atoms with Gasteiger partial charge in [-0.1, -0.05) is 38.3 Å². The number of benzene rings is 1. The van der Waals surface area contributed by atoms with Crippen LogP contribution in [0.1, 0.15) is 80.6 Å². The van der Waals surface area contributed by atoms with E-state index in [-0.39, 0.29) is 35.3 Å². The number of esters is 2. The van der Waals surface area contributed by atoms with Crippen molar-refractivity contribution in [2.75, 3.05) is 6.79 Å². The summed E-state index contributed by atoms with van der Waals surface area (Å²) in [6, 6.07) is 5.05. The van der Waals surface area contributed by atoms with Gasteiger partial charge in [0, 0.05) is 25.1 Å². The second-order valence-electron chi connectivity index (χ2n) is 8.53. The Balaban J connectivity index is 1.53. The second-order valence-corrected chi connectivity index (χ2v) is 8.53. The van der Waals surface area contributed by atoms with E-state index >= 15 is 0 Å². The quantitative estimate of drug-likeness (QED) is 0.361. The van der Waals surface area contributed by atoms with E-state index in [1.165, 1.54) is 6.42 Å². The molecule has 0 aromatic heterocycles. The average Bonchev–Trinajstić information content (AvgIpc) is 2.74. The van der Waals surface area contributed by atoms with E-state index in [2.05, 4.69) is 0 Å². The average molecular weight is 430 g/mol. The van der Waals surface area contributed by atoms with Gasteiger partial charge in [0.1, 0.15) is 17.1 Å². The fourth-order valence-electron chi connectivity index (χ4n) is 4.40. The van der Waals surface area contributed by atoms with Crippen LogP contribution >= 0.6 is 0 Å². The zero-order chi connectivity index (χ0) is 22.2. The van der Waals surface area contributed by atoms with Gasteiger partial charge in [-0.2, -0.15) is 0 Å². The van der Waals surface area contributed by atoms with E-state index in [0.29, 0.717) is 25.2 Å². The maximum atomic E-state index is 12.5. The highest BCUT2D eigenvalue weighted by molar-refractivity contribution is 6.47. The minimum absolute atomic E-state index is 0.0872. The largest absolute Gasteiger partial charge is 0.535 e. The molecule has 2 aliphatic rings. The van der Waals surface area contributed by atoms with Crippen molar-refractivity contribution in [1.29, 1.82) is 0 Å². The first-order valence-corrected chi connectivity index (χ1v) is 11.3. The third kappa shape index (κ3) is 6.57. The first kappa shape index (κ1) is 23.3. The summed E-state index contributed by atoms with van der Waals surface area (Å²) in [6.07, 6.45) is 7.84. The summed E-state index contributed by atoms with van der Waals surface area (Å²) in [5.41, 5.74) is 0.904. The van der Waals surface area contributed by atoms with Gasteiger partial charge < -0.3 is 19.2 Å². The molecular formula is C23H31BO7. The van der Waals surface area contributed by atoms with Crippen molar-refractivity contribution in [3.05, 3.63) is 29.3 Å². The summed E-state index contributed by atoms with van der Waals surface area (Å²) in [7, 11) is -1.17. The molecule has 1 aliphatic heterocycles. The van der Waals surface area contributed by atoms with Crippen molar-refractivity contribution in [3.8, 4) is 5.75 Å². The molecule has 0 unspecified atom stereocenters. The number of hydrogen-bond acceptors (Lipinski definition) is 7. The summed E-state index contributed by atoms with van der Waals surface area (Å²) < 4.78 is 15.8. The number of carbonyl (C=O) groups is 3. The summed E-state index contributed by atoms with van der Waals surface area (Å²) >= 11 is 0. The summed E-state index contributed by atoms with van der Waals surface area (Å²) in [4.78, 5) is 36.4. The lowest BCUT2D eigenvalue weighted by Crippen LogP contribution is -2.36. The lowest BCUT2D eigenvalue weighted by atomic mass is 9.64. The Bertz CT molecular complexity index is 788. The molecule has 8 heteroatoms. The van der Waals surface area contributed by atoms with Crippen molar-refractivity contribution in [2.24, 2.45) is 5.92 Å². The van der Waals surface area contributed by atoms with Crippen molar-refractivity contribution < 1.29 is 33.5 Å². The molecule has 3 rings (SSSR count). The molecule has 1 saturated carbocycles. The van der Waals surface area contributed by atoms with Gasteiger partial charge in [-0.05, 0) is 43.2 Å². The zero-order valence-corrected chi connectivity index (χ0v) is 18.1. The Morgan fingerprint density at radius 1 is 1.13 bits per heavy atom. The smallest absolute Gasteiger partial charge is 0.526 e. The maximum absolute atomic E-state index is 12.5. The van der Waals surface area contributed by atoms with Crippen LogP contribution in [-0.2, 0) is 25.5 Å². The third-order valence-corrected chi connectivity index (χ3v) is 6.05. The van der Waals surface area contributed by atoms with Crippen molar-refractivity contribution in [1.82, 2.24) is 0 Å². The van der Waals surface area contributed by atoms with E-state index in [1.807, 2.05) is 6.92 Å². The topological polar surface area (TPSA) is 99.1 Å². The van der Waals surface area contributed by atoms with Crippen LogP contribution in [0.3, 0.4) is 0 Å². The molecule has 1 aliphatic carbocycles. The molecule has 1 N–H and O–H groups in total. The number of hydrogen-bond donors (Lipinski definition) is 1. The van der Waals surface area contributed by atoms with Crippen LogP contribution in [0, 0.1) is 5.92 Å². The van der Waals surface area contributed by atoms with Crippen LogP contribution in [0.25, 0.3) is 0 Å². The first-order valence-electron chi connectivity index (χ1n) is 11.3. The molecule has 7 nitrogen and oxygen atoms in total. The van der Waals surface area contributed by atoms with Crippen molar-refractivity contribution in [2.45, 2.75) is 76.9 Å². The number of fused-ring (bicyclic) bond motifs is 1. The predicted molar refractivity (Wildman–Crippen MR) is 115 cm³/mol. The van der Waals surface area contributed by atoms with Crippen molar-refractivity contribution in [3.63, 3.8) is 0 Å². The van der Waals surface area contributed by atoms with Crippen LogP contribution in [0.4, 0.5) is 0 Å². The number of para-hydroxylation sites is 1. The Morgan fingerprint density at radius 3 is 2.65 bits per heavy atom. The molecular weight excluding hydrogens is 399 g/mol. The molecule has 168 valence electrons. The fourth-order valence-corrected chi connectivity index (χ4v) is 4.40. The molecule has 0 radical (unpaired) electrons. The summed E-state index contributed by atoms with van der Waals surface area (Å²) in [6.45, 7) is 1.48. The molecule has 1 aromatic rings. The predicted octanol–water partition coefficient (Wildman–Crippen LogP) is 3.86. The lowest BCUT2D eigenvalue weighted by molar-refractivity contribution is -0.153. The van der Waals surface area contributed by atoms with Crippen LogP contribution in [0.15, 0.2) is 18.2 Å². The van der Waals surface area contributed by atoms with Crippen LogP contribution in [0.2, 0.25) is 5.82 Å². The highest BCUT2D eigenvalue weighted by atomic mass is 16.7. The van der Waals surface area contributed by atoms with Gasteiger partial charge in [-0.25, -0.2) is 4.79 Å². The number of Topliss-reactive ketones (excluding diaryl/α,β-unsaturated/α-hetero) is 1. The zero-order valence-electron chi connectivity index (χ0n) is 18.1. The molecule has 0 saturated heterocycles. The number of carbonyl (C=O) groups excluding carboxylic acids is 3. The number of rotatable bonds is 9. The molecule has 0 amide bonds. The van der Waals surface area contributed by atoms with Crippen LogP contribution in [-0.4, -0.2) is 36.7 Å². The normalized spacial score (nSPS) is 18.6. The number of ketones is 1. The minimum Gasteiger partial charge on any atom is -0.535 e. The number of ether oxygens (including phenoxy) is 2. The van der Waals surface area contributed by atoms with Crippen LogP contribution in [0.5, 0.6) is 5.75 Å². The van der Waals surface area contributed by atoms with Crippen molar-refractivity contribution >= 4 is 24.8 Å². The SMILES string of the molecule is CCCC(=O)C[C@H]1Cc2cccc(C(=O)OCOC(=O)CC3CCCCC3)c2OB1O. The third-order valence-electron chi connectivity index (χ3n) is 6.05. The van der Waals surface area contributed by atoms with Gasteiger partial charge >= 0.3 is 19.1 Å². The fraction of sp³-hybridized carbons (Fsp3) is 0.609. The maximum Gasteiger partial charge on any atom is 0.526 e. The molecule has 0 bridgehead atoms. The minimum atomic E-state index is -1.17. The molecule has 1 fully saturated rings. The van der Waals surface area contributed by atoms with E-state index in [1.54, 1.807) is 18.2 Å². The Kier molecular flexibility index (Phi) is 8.52. The second kappa shape index (κ2) is 11.3. The van der Waals surface area contributed by atoms with E-state index in [4.69, 9.17) is 14.1 Å². The highest BCUT2D eigenvalue weighted by Crippen LogP contribution is 2.36. The van der Waals surface area contributed by atoms with E-state index < -0.39 is 19.9 Å². The van der Waals surface area contributed by atoms with Gasteiger partial charge in [-0.3, -0.25) is 9.59 Å². The Hall–Kier alpha value is -2.35. The monoisotopic (exact) mass is 430 g/mol. The van der Waals surface area contributed by atoms with Gasteiger partial charge in [-0.15, -0.1) is 0 Å². The first-order chi connectivity index (χ1) is 15.0. The Labute approximate surface area is 183 Å². The van der Waals surface area contributed by atoms with Gasteiger partial charge in [0.15, 0.2) is 0 Å². The molecule has 0 spiro atoms. The highest BCUT2D eigenvalue weighted by Gasteiger charge is 2.37. The van der Waals surface area contributed by atoms with E-state index in [9.17, 15) is 19.4 Å². The summed E-state index contributed by atoms with van der Waals surface area (Å²) in [5, 5.41) is 10.3. The summed E-state index contributed by atoms with van der Waals surface area (Å²) in [5.74, 6) is -0.697. The molecule has 31 heavy (non-hydrogen) atoms. The Morgan fingerprint density at radius 2 is 1.90 bits per heavy atom. The van der Waals surface area contributed by atoms with Gasteiger partial charge in [0.25, 0.3) is 0 Å².